The first-order valence-corrected chi connectivity index (χ1v) is 8.96. The van der Waals surface area contributed by atoms with Gasteiger partial charge < -0.3 is 14.5 Å². The van der Waals surface area contributed by atoms with Gasteiger partial charge in [0, 0.05) is 50.4 Å². The molecule has 0 bridgehead atoms. The van der Waals surface area contributed by atoms with E-state index in [9.17, 15) is 4.79 Å². The van der Waals surface area contributed by atoms with Crippen molar-refractivity contribution in [3.63, 3.8) is 0 Å². The van der Waals surface area contributed by atoms with Crippen molar-refractivity contribution in [1.82, 2.24) is 24.9 Å². The molecule has 4 heterocycles. The van der Waals surface area contributed by atoms with Gasteiger partial charge in [0.2, 0.25) is 0 Å². The largest absolute Gasteiger partial charge is 0.444 e. The average molecular weight is 356 g/mol. The highest BCUT2D eigenvalue weighted by Gasteiger charge is 2.43. The molecule has 0 aromatic carbocycles. The van der Waals surface area contributed by atoms with E-state index in [0.29, 0.717) is 17.7 Å². The molecule has 2 aromatic rings. The second kappa shape index (κ2) is 6.26. The van der Waals surface area contributed by atoms with Crippen molar-refractivity contribution in [3.8, 4) is 5.82 Å². The number of likely N-dealkylation sites (tertiary alicyclic amines) is 1. The van der Waals surface area contributed by atoms with Crippen LogP contribution in [-0.2, 0) is 4.74 Å². The number of rotatable bonds is 2. The molecule has 2 aliphatic rings. The van der Waals surface area contributed by atoms with Gasteiger partial charge in [0.25, 0.3) is 0 Å². The Hall–Kier alpha value is -2.64. The van der Waals surface area contributed by atoms with Crippen molar-refractivity contribution in [1.29, 1.82) is 0 Å². The Kier molecular flexibility index (Phi) is 4.05. The van der Waals surface area contributed by atoms with Crippen LogP contribution in [-0.4, -0.2) is 62.8 Å². The standard InChI is InChI=1S/C18H24N6O2/c1-18(2,3)26-17(25)23-11-13-9-22(10-14(13)12-23)15-5-6-16(21-20-15)24-8-4-7-19-24/h4-8,13-14H,9-12H2,1-3H3/t13-,14+. The lowest BCUT2D eigenvalue weighted by molar-refractivity contribution is 0.0282. The van der Waals surface area contributed by atoms with Gasteiger partial charge in [-0.25, -0.2) is 9.48 Å². The van der Waals surface area contributed by atoms with Crippen LogP contribution in [0.15, 0.2) is 30.6 Å². The summed E-state index contributed by atoms with van der Waals surface area (Å²) in [4.78, 5) is 16.3. The van der Waals surface area contributed by atoms with Gasteiger partial charge in [-0.3, -0.25) is 0 Å². The molecular formula is C18H24N6O2. The minimum atomic E-state index is -0.452. The Morgan fingerprint density at radius 3 is 2.27 bits per heavy atom. The van der Waals surface area contributed by atoms with Crippen molar-refractivity contribution >= 4 is 11.9 Å². The van der Waals surface area contributed by atoms with Crippen LogP contribution in [0.2, 0.25) is 0 Å². The molecule has 2 aliphatic heterocycles. The molecule has 0 saturated carbocycles. The lowest BCUT2D eigenvalue weighted by Crippen LogP contribution is -2.37. The predicted molar refractivity (Wildman–Crippen MR) is 96.2 cm³/mol. The summed E-state index contributed by atoms with van der Waals surface area (Å²) in [7, 11) is 0. The number of ether oxygens (including phenoxy) is 1. The number of nitrogens with zero attached hydrogens (tertiary/aromatic N) is 6. The summed E-state index contributed by atoms with van der Waals surface area (Å²) >= 11 is 0. The number of hydrogen-bond donors (Lipinski definition) is 0. The van der Waals surface area contributed by atoms with E-state index in [2.05, 4.69) is 20.2 Å². The van der Waals surface area contributed by atoms with Crippen molar-refractivity contribution < 1.29 is 9.53 Å². The molecule has 26 heavy (non-hydrogen) atoms. The molecule has 8 heteroatoms. The van der Waals surface area contributed by atoms with E-state index < -0.39 is 5.60 Å². The fourth-order valence-electron chi connectivity index (χ4n) is 3.67. The minimum Gasteiger partial charge on any atom is -0.444 e. The number of amides is 1. The summed E-state index contributed by atoms with van der Waals surface area (Å²) < 4.78 is 7.18. The quantitative estimate of drug-likeness (QED) is 0.819. The third-order valence-electron chi connectivity index (χ3n) is 4.84. The minimum absolute atomic E-state index is 0.207. The van der Waals surface area contributed by atoms with Crippen LogP contribution in [0.25, 0.3) is 5.82 Å². The third-order valence-corrected chi connectivity index (χ3v) is 4.84. The summed E-state index contributed by atoms with van der Waals surface area (Å²) in [5.41, 5.74) is -0.452. The van der Waals surface area contributed by atoms with Crippen molar-refractivity contribution in [2.24, 2.45) is 11.8 Å². The number of fused-ring (bicyclic) bond motifs is 1. The molecule has 138 valence electrons. The summed E-state index contributed by atoms with van der Waals surface area (Å²) in [5.74, 6) is 2.48. The molecule has 0 aliphatic carbocycles. The Bertz CT molecular complexity index is 754. The highest BCUT2D eigenvalue weighted by atomic mass is 16.6. The Balaban J connectivity index is 1.37. The van der Waals surface area contributed by atoms with E-state index in [1.54, 1.807) is 10.9 Å². The van der Waals surface area contributed by atoms with Gasteiger partial charge in [-0.05, 0) is 39.0 Å². The molecule has 8 nitrogen and oxygen atoms in total. The molecular weight excluding hydrogens is 332 g/mol. The smallest absolute Gasteiger partial charge is 0.410 e. The van der Waals surface area contributed by atoms with Gasteiger partial charge in [0.1, 0.15) is 5.60 Å². The number of hydrogen-bond acceptors (Lipinski definition) is 6. The molecule has 2 atom stereocenters. The number of aromatic nitrogens is 4. The maximum atomic E-state index is 12.3. The first-order chi connectivity index (χ1) is 12.4. The zero-order valence-corrected chi connectivity index (χ0v) is 15.4. The first-order valence-electron chi connectivity index (χ1n) is 8.96. The molecule has 0 unspecified atom stereocenters. The summed E-state index contributed by atoms with van der Waals surface area (Å²) in [5, 5.41) is 12.8. The van der Waals surface area contributed by atoms with Crippen LogP contribution < -0.4 is 4.90 Å². The third kappa shape index (κ3) is 3.36. The SMILES string of the molecule is CC(C)(C)OC(=O)N1C[C@@H]2CN(c3ccc(-n4cccn4)nn3)C[C@@H]2C1. The average Bonchev–Trinajstić information content (AvgIpc) is 3.29. The molecule has 2 aromatic heterocycles. The van der Waals surface area contributed by atoms with E-state index in [4.69, 9.17) is 4.74 Å². The molecule has 0 N–H and O–H groups in total. The molecule has 2 saturated heterocycles. The van der Waals surface area contributed by atoms with Gasteiger partial charge in [-0.1, -0.05) is 0 Å². The van der Waals surface area contributed by atoms with Gasteiger partial charge in [-0.2, -0.15) is 5.10 Å². The monoisotopic (exact) mass is 356 g/mol. The molecule has 4 rings (SSSR count). The van der Waals surface area contributed by atoms with Crippen LogP contribution in [0.5, 0.6) is 0 Å². The zero-order valence-electron chi connectivity index (χ0n) is 15.4. The van der Waals surface area contributed by atoms with Crippen LogP contribution in [0, 0.1) is 11.8 Å². The van der Waals surface area contributed by atoms with Gasteiger partial charge >= 0.3 is 6.09 Å². The number of anilines is 1. The Morgan fingerprint density at radius 2 is 1.73 bits per heavy atom. The maximum Gasteiger partial charge on any atom is 0.410 e. The molecule has 1 amide bonds. The predicted octanol–water partition coefficient (Wildman–Crippen LogP) is 1.97. The Morgan fingerprint density at radius 1 is 1.08 bits per heavy atom. The summed E-state index contributed by atoms with van der Waals surface area (Å²) in [6.07, 6.45) is 3.35. The zero-order chi connectivity index (χ0) is 18.3. The number of carbonyl (C=O) groups is 1. The van der Waals surface area contributed by atoms with Gasteiger partial charge in [-0.15, -0.1) is 10.2 Å². The molecule has 0 radical (unpaired) electrons. The highest BCUT2D eigenvalue weighted by Crippen LogP contribution is 2.33. The van der Waals surface area contributed by atoms with Crippen molar-refractivity contribution in [2.45, 2.75) is 26.4 Å². The second-order valence-corrected chi connectivity index (χ2v) is 8.01. The normalized spacial score (nSPS) is 22.6. The van der Waals surface area contributed by atoms with E-state index in [1.165, 1.54) is 0 Å². The van der Waals surface area contributed by atoms with Crippen molar-refractivity contribution in [3.05, 3.63) is 30.6 Å². The van der Waals surface area contributed by atoms with Gasteiger partial charge in [0.15, 0.2) is 11.6 Å². The summed E-state index contributed by atoms with van der Waals surface area (Å²) in [6, 6.07) is 5.76. The van der Waals surface area contributed by atoms with Crippen LogP contribution in [0.1, 0.15) is 20.8 Å². The van der Waals surface area contributed by atoms with Crippen LogP contribution >= 0.6 is 0 Å². The van der Waals surface area contributed by atoms with Crippen LogP contribution in [0.3, 0.4) is 0 Å². The van der Waals surface area contributed by atoms with Gasteiger partial charge in [0.05, 0.1) is 0 Å². The fourth-order valence-corrected chi connectivity index (χ4v) is 3.67. The number of carbonyl (C=O) groups excluding carboxylic acids is 1. The van der Waals surface area contributed by atoms with E-state index in [-0.39, 0.29) is 6.09 Å². The topological polar surface area (TPSA) is 76.4 Å². The van der Waals surface area contributed by atoms with E-state index >= 15 is 0 Å². The maximum absolute atomic E-state index is 12.3. The summed E-state index contributed by atoms with van der Waals surface area (Å²) in [6.45, 7) is 8.96. The fraction of sp³-hybridized carbons (Fsp3) is 0.556. The Labute approximate surface area is 152 Å². The highest BCUT2D eigenvalue weighted by molar-refractivity contribution is 5.68. The molecule has 2 fully saturated rings. The van der Waals surface area contributed by atoms with Crippen LogP contribution in [0.4, 0.5) is 10.6 Å². The molecule has 0 spiro atoms. The first kappa shape index (κ1) is 16.8. The lowest BCUT2D eigenvalue weighted by atomic mass is 10.0. The lowest BCUT2D eigenvalue weighted by Gasteiger charge is -2.26. The van der Waals surface area contributed by atoms with E-state index in [0.717, 1.165) is 32.0 Å². The van der Waals surface area contributed by atoms with E-state index in [1.807, 2.05) is 50.1 Å². The van der Waals surface area contributed by atoms with Crippen molar-refractivity contribution in [2.75, 3.05) is 31.1 Å². The second-order valence-electron chi connectivity index (χ2n) is 8.01.